The lowest BCUT2D eigenvalue weighted by atomic mass is 9.86. The van der Waals surface area contributed by atoms with Crippen molar-refractivity contribution < 1.29 is 9.59 Å². The first-order chi connectivity index (χ1) is 11.8. The predicted octanol–water partition coefficient (Wildman–Crippen LogP) is 4.86. The number of hydrogen-bond donors (Lipinski definition) is 1. The van der Waals surface area contributed by atoms with Gasteiger partial charge in [0.1, 0.15) is 0 Å². The third-order valence-corrected chi connectivity index (χ3v) is 5.16. The van der Waals surface area contributed by atoms with Crippen molar-refractivity contribution >= 4 is 11.7 Å². The van der Waals surface area contributed by atoms with E-state index >= 15 is 0 Å². The predicted molar refractivity (Wildman–Crippen MR) is 102 cm³/mol. The quantitative estimate of drug-likeness (QED) is 0.779. The lowest BCUT2D eigenvalue weighted by Crippen LogP contribution is -2.35. The fourth-order valence-electron chi connectivity index (χ4n) is 3.19. The summed E-state index contributed by atoms with van der Waals surface area (Å²) in [7, 11) is 0. The fraction of sp³-hybridized carbons (Fsp3) is 0.455. The summed E-state index contributed by atoms with van der Waals surface area (Å²) in [6.45, 7) is 10.1. The number of ketones is 1. The topological polar surface area (TPSA) is 46.2 Å². The molecule has 1 aliphatic carbocycles. The van der Waals surface area contributed by atoms with E-state index in [-0.39, 0.29) is 29.6 Å². The Kier molecular flexibility index (Phi) is 6.35. The molecule has 1 N–H and O–H groups in total. The van der Waals surface area contributed by atoms with Crippen LogP contribution in [0.25, 0.3) is 0 Å². The van der Waals surface area contributed by atoms with E-state index in [4.69, 9.17) is 0 Å². The van der Waals surface area contributed by atoms with Crippen molar-refractivity contribution in [3.63, 3.8) is 0 Å². The Hall–Kier alpha value is -2.16. The Labute approximate surface area is 151 Å². The summed E-state index contributed by atoms with van der Waals surface area (Å²) in [5, 5.41) is 3.20. The summed E-state index contributed by atoms with van der Waals surface area (Å²) in [6.07, 6.45) is 7.05. The maximum absolute atomic E-state index is 12.9. The van der Waals surface area contributed by atoms with Crippen LogP contribution in [0.4, 0.5) is 0 Å². The fourth-order valence-corrected chi connectivity index (χ4v) is 3.19. The molecular formula is C22H29NO2. The van der Waals surface area contributed by atoms with Crippen molar-refractivity contribution in [3.05, 3.63) is 59.2 Å². The van der Waals surface area contributed by atoms with Crippen LogP contribution in [0.5, 0.6) is 0 Å². The van der Waals surface area contributed by atoms with Crippen LogP contribution in [0.2, 0.25) is 0 Å². The first kappa shape index (κ1) is 19.2. The molecule has 0 radical (unpaired) electrons. The van der Waals surface area contributed by atoms with Crippen molar-refractivity contribution in [2.24, 2.45) is 17.8 Å². The lowest BCUT2D eigenvalue weighted by Gasteiger charge is -2.26. The van der Waals surface area contributed by atoms with Gasteiger partial charge >= 0.3 is 0 Å². The van der Waals surface area contributed by atoms with Gasteiger partial charge in [-0.1, -0.05) is 70.2 Å². The van der Waals surface area contributed by atoms with Gasteiger partial charge < -0.3 is 5.32 Å². The Balaban J connectivity index is 2.21. The Bertz CT molecular complexity index is 682. The summed E-state index contributed by atoms with van der Waals surface area (Å²) in [6, 6.07) is 7.46. The highest BCUT2D eigenvalue weighted by molar-refractivity contribution is 5.95. The highest BCUT2D eigenvalue weighted by Crippen LogP contribution is 2.28. The molecule has 1 aromatic rings. The third-order valence-electron chi connectivity index (χ3n) is 5.16. The van der Waals surface area contributed by atoms with Gasteiger partial charge in [-0.25, -0.2) is 0 Å². The normalized spacial score (nSPS) is 21.4. The molecule has 0 spiro atoms. The minimum atomic E-state index is -0.0795. The minimum Gasteiger partial charge on any atom is -0.345 e. The molecule has 1 aromatic carbocycles. The third kappa shape index (κ3) is 4.68. The molecule has 3 heteroatoms. The molecule has 0 fully saturated rings. The highest BCUT2D eigenvalue weighted by atomic mass is 16.1. The standard InChI is InChI=1S/C22H29NO2/c1-14(2)21(19-12-10-18(11-13-19)17(5)24)23-22(25)20-9-7-6-8-15(3)16(20)4/h6-7,9-16,21H,8H2,1-5H3,(H,23,25). The SMILES string of the molecule is CC(=O)c1ccc(C(NC(=O)C2=CC=CCC(C)C2C)C(C)C)cc1. The highest BCUT2D eigenvalue weighted by Gasteiger charge is 2.26. The van der Waals surface area contributed by atoms with Gasteiger partial charge in [-0.15, -0.1) is 0 Å². The van der Waals surface area contributed by atoms with E-state index in [9.17, 15) is 9.59 Å². The van der Waals surface area contributed by atoms with E-state index < -0.39 is 0 Å². The first-order valence-electron chi connectivity index (χ1n) is 9.09. The van der Waals surface area contributed by atoms with Crippen LogP contribution in [0.15, 0.2) is 48.1 Å². The van der Waals surface area contributed by atoms with Crippen molar-refractivity contribution in [2.45, 2.75) is 47.1 Å². The largest absolute Gasteiger partial charge is 0.345 e. The number of rotatable bonds is 5. The van der Waals surface area contributed by atoms with Crippen molar-refractivity contribution in [3.8, 4) is 0 Å². The second-order valence-electron chi connectivity index (χ2n) is 7.43. The second-order valence-corrected chi connectivity index (χ2v) is 7.43. The van der Waals surface area contributed by atoms with E-state index in [0.717, 1.165) is 17.6 Å². The van der Waals surface area contributed by atoms with Crippen LogP contribution in [-0.2, 0) is 4.79 Å². The molecule has 0 aliphatic heterocycles. The molecule has 0 bridgehead atoms. The van der Waals surface area contributed by atoms with E-state index in [1.54, 1.807) is 6.92 Å². The first-order valence-corrected chi connectivity index (χ1v) is 9.09. The Morgan fingerprint density at radius 1 is 1.12 bits per heavy atom. The number of carbonyl (C=O) groups is 2. The zero-order chi connectivity index (χ0) is 18.6. The molecule has 0 aromatic heterocycles. The summed E-state index contributed by atoms with van der Waals surface area (Å²) >= 11 is 0. The van der Waals surface area contributed by atoms with E-state index in [2.05, 4.69) is 39.1 Å². The van der Waals surface area contributed by atoms with E-state index in [1.807, 2.05) is 36.4 Å². The van der Waals surface area contributed by atoms with Gasteiger partial charge in [-0.2, -0.15) is 0 Å². The average molecular weight is 339 g/mol. The average Bonchev–Trinajstić information content (AvgIpc) is 2.74. The van der Waals surface area contributed by atoms with Crippen LogP contribution in [0, 0.1) is 17.8 Å². The monoisotopic (exact) mass is 339 g/mol. The van der Waals surface area contributed by atoms with Crippen molar-refractivity contribution in [1.29, 1.82) is 0 Å². The number of hydrogen-bond acceptors (Lipinski definition) is 2. The maximum atomic E-state index is 12.9. The minimum absolute atomic E-state index is 0.000226. The molecular weight excluding hydrogens is 310 g/mol. The van der Waals surface area contributed by atoms with E-state index in [1.165, 1.54) is 0 Å². The summed E-state index contributed by atoms with van der Waals surface area (Å²) in [5.74, 6) is 0.975. The van der Waals surface area contributed by atoms with Crippen molar-refractivity contribution in [2.75, 3.05) is 0 Å². The van der Waals surface area contributed by atoms with Gasteiger partial charge in [0.2, 0.25) is 5.91 Å². The molecule has 0 heterocycles. The molecule has 0 saturated heterocycles. The van der Waals surface area contributed by atoms with Crippen LogP contribution in [0.1, 0.15) is 63.0 Å². The van der Waals surface area contributed by atoms with Crippen molar-refractivity contribution in [1.82, 2.24) is 5.32 Å². The number of amides is 1. The molecule has 1 aliphatic rings. The number of nitrogens with one attached hydrogen (secondary N) is 1. The molecule has 3 unspecified atom stereocenters. The zero-order valence-corrected chi connectivity index (χ0v) is 15.9. The number of carbonyl (C=O) groups excluding carboxylic acids is 2. The van der Waals surface area contributed by atoms with Gasteiger partial charge in [0.05, 0.1) is 6.04 Å². The number of benzene rings is 1. The Morgan fingerprint density at radius 2 is 1.76 bits per heavy atom. The molecule has 134 valence electrons. The smallest absolute Gasteiger partial charge is 0.247 e. The molecule has 25 heavy (non-hydrogen) atoms. The molecule has 3 nitrogen and oxygen atoms in total. The number of allylic oxidation sites excluding steroid dienone is 3. The van der Waals surface area contributed by atoms with Gasteiger partial charge in [-0.05, 0) is 36.7 Å². The summed E-state index contributed by atoms with van der Waals surface area (Å²) in [5.41, 5.74) is 2.56. The van der Waals surface area contributed by atoms with Gasteiger partial charge in [0, 0.05) is 11.1 Å². The summed E-state index contributed by atoms with van der Waals surface area (Å²) < 4.78 is 0. The van der Waals surface area contributed by atoms with Crippen LogP contribution in [0.3, 0.4) is 0 Å². The Morgan fingerprint density at radius 3 is 2.32 bits per heavy atom. The van der Waals surface area contributed by atoms with Crippen LogP contribution in [-0.4, -0.2) is 11.7 Å². The second kappa shape index (κ2) is 8.28. The van der Waals surface area contributed by atoms with E-state index in [0.29, 0.717) is 11.5 Å². The van der Waals surface area contributed by atoms with Gasteiger partial charge in [-0.3, -0.25) is 9.59 Å². The van der Waals surface area contributed by atoms with Gasteiger partial charge in [0.25, 0.3) is 0 Å². The summed E-state index contributed by atoms with van der Waals surface area (Å²) in [4.78, 5) is 24.4. The zero-order valence-electron chi connectivity index (χ0n) is 15.9. The molecule has 2 rings (SSSR count). The van der Waals surface area contributed by atoms with Crippen LogP contribution >= 0.6 is 0 Å². The number of Topliss-reactive ketones (excluding diaryl/α,β-unsaturated/α-hetero) is 1. The molecule has 3 atom stereocenters. The molecule has 0 saturated carbocycles. The lowest BCUT2D eigenvalue weighted by molar-refractivity contribution is -0.119. The van der Waals surface area contributed by atoms with Crippen LogP contribution < -0.4 is 5.32 Å². The van der Waals surface area contributed by atoms with Gasteiger partial charge in [0.15, 0.2) is 5.78 Å². The molecule has 1 amide bonds. The maximum Gasteiger partial charge on any atom is 0.247 e.